The van der Waals surface area contributed by atoms with Gasteiger partial charge in [0.1, 0.15) is 0 Å². The molecule has 1 atom stereocenters. The molecular weight excluding hydrogens is 218 g/mol. The fourth-order valence-electron chi connectivity index (χ4n) is 2.00. The van der Waals surface area contributed by atoms with Crippen molar-refractivity contribution >= 4 is 11.6 Å². The molecule has 0 aliphatic heterocycles. The summed E-state index contributed by atoms with van der Waals surface area (Å²) in [6.45, 7) is 7.73. The smallest absolute Gasteiger partial charge is 0.0406 e. The minimum Gasteiger partial charge on any atom is -0.314 e. The van der Waals surface area contributed by atoms with Crippen molar-refractivity contribution in [2.45, 2.75) is 39.7 Å². The molecule has 0 amide bonds. The molecule has 0 spiro atoms. The third-order valence-electron chi connectivity index (χ3n) is 2.64. The number of hydrogen-bond acceptors (Lipinski definition) is 1. The quantitative estimate of drug-likeness (QED) is 0.794. The van der Waals surface area contributed by atoms with E-state index in [1.165, 1.54) is 12.0 Å². The van der Waals surface area contributed by atoms with Crippen molar-refractivity contribution in [2.75, 3.05) is 6.54 Å². The van der Waals surface area contributed by atoms with E-state index >= 15 is 0 Å². The van der Waals surface area contributed by atoms with Crippen LogP contribution < -0.4 is 5.32 Å². The molecule has 16 heavy (non-hydrogen) atoms. The average molecular weight is 240 g/mol. The van der Waals surface area contributed by atoms with E-state index in [-0.39, 0.29) is 0 Å². The summed E-state index contributed by atoms with van der Waals surface area (Å²) in [7, 11) is 0. The molecule has 0 fully saturated rings. The highest BCUT2D eigenvalue weighted by Crippen LogP contribution is 2.14. The molecule has 1 unspecified atom stereocenters. The average Bonchev–Trinajstić information content (AvgIpc) is 2.21. The molecule has 0 aliphatic rings. The van der Waals surface area contributed by atoms with Gasteiger partial charge >= 0.3 is 0 Å². The molecule has 2 heteroatoms. The van der Waals surface area contributed by atoms with Crippen LogP contribution in [0.3, 0.4) is 0 Å². The van der Waals surface area contributed by atoms with Gasteiger partial charge in [-0.25, -0.2) is 0 Å². The van der Waals surface area contributed by atoms with Gasteiger partial charge in [-0.15, -0.1) is 0 Å². The van der Waals surface area contributed by atoms with Crippen molar-refractivity contribution in [3.8, 4) is 0 Å². The Hall–Kier alpha value is -0.530. The molecule has 0 saturated carbocycles. The van der Waals surface area contributed by atoms with Gasteiger partial charge in [-0.1, -0.05) is 44.5 Å². The number of benzene rings is 1. The molecule has 1 nitrogen and oxygen atoms in total. The standard InChI is InChI=1S/C14H22ClN/c1-4-16-14(9-11(2)3)10-12-5-7-13(15)8-6-12/h5-8,11,14,16H,4,9-10H2,1-3H3. The summed E-state index contributed by atoms with van der Waals surface area (Å²) in [6.07, 6.45) is 2.31. The van der Waals surface area contributed by atoms with Crippen molar-refractivity contribution in [3.05, 3.63) is 34.9 Å². The highest BCUT2D eigenvalue weighted by molar-refractivity contribution is 6.30. The predicted molar refractivity (Wildman–Crippen MR) is 72.1 cm³/mol. The molecule has 0 saturated heterocycles. The van der Waals surface area contributed by atoms with Crippen LogP contribution in [0.4, 0.5) is 0 Å². The van der Waals surface area contributed by atoms with Gasteiger partial charge in [0.15, 0.2) is 0 Å². The molecule has 90 valence electrons. The number of nitrogens with one attached hydrogen (secondary N) is 1. The van der Waals surface area contributed by atoms with Crippen LogP contribution in [0.1, 0.15) is 32.8 Å². The molecule has 1 aromatic rings. The SMILES string of the molecule is CCNC(Cc1ccc(Cl)cc1)CC(C)C. The minimum absolute atomic E-state index is 0.575. The molecule has 1 aromatic carbocycles. The van der Waals surface area contributed by atoms with Gasteiger partial charge in [0.05, 0.1) is 0 Å². The minimum atomic E-state index is 0.575. The maximum atomic E-state index is 5.88. The molecular formula is C14H22ClN. The number of rotatable bonds is 6. The van der Waals surface area contributed by atoms with Crippen molar-refractivity contribution in [2.24, 2.45) is 5.92 Å². The topological polar surface area (TPSA) is 12.0 Å². The zero-order valence-electron chi connectivity index (χ0n) is 10.5. The Morgan fingerprint density at radius 2 is 1.81 bits per heavy atom. The molecule has 0 heterocycles. The van der Waals surface area contributed by atoms with Crippen molar-refractivity contribution in [1.29, 1.82) is 0 Å². The third-order valence-corrected chi connectivity index (χ3v) is 2.90. The zero-order valence-corrected chi connectivity index (χ0v) is 11.2. The van der Waals surface area contributed by atoms with Crippen molar-refractivity contribution in [1.82, 2.24) is 5.32 Å². The van der Waals surface area contributed by atoms with E-state index in [0.717, 1.165) is 23.9 Å². The summed E-state index contributed by atoms with van der Waals surface area (Å²) in [5.41, 5.74) is 1.36. The maximum absolute atomic E-state index is 5.88. The van der Waals surface area contributed by atoms with Crippen LogP contribution in [-0.4, -0.2) is 12.6 Å². The lowest BCUT2D eigenvalue weighted by molar-refractivity contribution is 0.424. The van der Waals surface area contributed by atoms with Gasteiger partial charge in [0.25, 0.3) is 0 Å². The van der Waals surface area contributed by atoms with E-state index in [2.05, 4.69) is 38.2 Å². The van der Waals surface area contributed by atoms with Gasteiger partial charge < -0.3 is 5.32 Å². The van der Waals surface area contributed by atoms with E-state index in [0.29, 0.717) is 6.04 Å². The highest BCUT2D eigenvalue weighted by Gasteiger charge is 2.10. The van der Waals surface area contributed by atoms with Crippen LogP contribution in [0.25, 0.3) is 0 Å². The summed E-state index contributed by atoms with van der Waals surface area (Å²) < 4.78 is 0. The number of halogens is 1. The van der Waals surface area contributed by atoms with Crippen LogP contribution in [0.15, 0.2) is 24.3 Å². The first-order chi connectivity index (χ1) is 7.61. The number of likely N-dealkylation sites (N-methyl/N-ethyl adjacent to an activating group) is 1. The van der Waals surface area contributed by atoms with E-state index in [9.17, 15) is 0 Å². The summed E-state index contributed by atoms with van der Waals surface area (Å²) in [4.78, 5) is 0. The number of hydrogen-bond donors (Lipinski definition) is 1. The first-order valence-electron chi connectivity index (χ1n) is 6.09. The molecule has 1 rings (SSSR count). The Morgan fingerprint density at radius 3 is 2.31 bits per heavy atom. The van der Waals surface area contributed by atoms with Crippen molar-refractivity contribution < 1.29 is 0 Å². The first-order valence-corrected chi connectivity index (χ1v) is 6.47. The van der Waals surface area contributed by atoms with Crippen LogP contribution in [0, 0.1) is 5.92 Å². The Bertz CT molecular complexity index is 292. The lowest BCUT2D eigenvalue weighted by Gasteiger charge is -2.20. The van der Waals surface area contributed by atoms with Crippen molar-refractivity contribution in [3.63, 3.8) is 0 Å². The van der Waals surface area contributed by atoms with E-state index in [1.807, 2.05) is 12.1 Å². The van der Waals surface area contributed by atoms with Crippen LogP contribution in [0.5, 0.6) is 0 Å². The van der Waals surface area contributed by atoms with E-state index in [1.54, 1.807) is 0 Å². The van der Waals surface area contributed by atoms with Gasteiger partial charge in [-0.05, 0) is 43.0 Å². The van der Waals surface area contributed by atoms with Crippen LogP contribution >= 0.6 is 11.6 Å². The second-order valence-electron chi connectivity index (χ2n) is 4.71. The fraction of sp³-hybridized carbons (Fsp3) is 0.571. The van der Waals surface area contributed by atoms with Gasteiger partial charge in [0, 0.05) is 11.1 Å². The van der Waals surface area contributed by atoms with Gasteiger partial charge in [-0.3, -0.25) is 0 Å². The van der Waals surface area contributed by atoms with Gasteiger partial charge in [-0.2, -0.15) is 0 Å². The summed E-state index contributed by atoms with van der Waals surface area (Å²) in [5, 5.41) is 4.36. The fourth-order valence-corrected chi connectivity index (χ4v) is 2.13. The Balaban J connectivity index is 2.56. The second kappa shape index (κ2) is 6.93. The monoisotopic (exact) mass is 239 g/mol. The normalized spacial score (nSPS) is 13.1. The second-order valence-corrected chi connectivity index (χ2v) is 5.15. The lowest BCUT2D eigenvalue weighted by Crippen LogP contribution is -2.32. The summed E-state index contributed by atoms with van der Waals surface area (Å²) in [5.74, 6) is 0.733. The largest absolute Gasteiger partial charge is 0.314 e. The first kappa shape index (κ1) is 13.5. The summed E-state index contributed by atoms with van der Waals surface area (Å²) in [6, 6.07) is 8.75. The molecule has 0 aromatic heterocycles. The van der Waals surface area contributed by atoms with Gasteiger partial charge in [0.2, 0.25) is 0 Å². The zero-order chi connectivity index (χ0) is 12.0. The Labute approximate surface area is 104 Å². The van der Waals surface area contributed by atoms with Crippen LogP contribution in [0.2, 0.25) is 5.02 Å². The summed E-state index contributed by atoms with van der Waals surface area (Å²) >= 11 is 5.88. The predicted octanol–water partition coefficient (Wildman–Crippen LogP) is 3.91. The molecule has 0 radical (unpaired) electrons. The third kappa shape index (κ3) is 5.00. The Morgan fingerprint density at radius 1 is 1.19 bits per heavy atom. The van der Waals surface area contributed by atoms with E-state index < -0.39 is 0 Å². The Kier molecular flexibility index (Phi) is 5.86. The molecule has 0 bridgehead atoms. The highest BCUT2D eigenvalue weighted by atomic mass is 35.5. The van der Waals surface area contributed by atoms with Crippen LogP contribution in [-0.2, 0) is 6.42 Å². The maximum Gasteiger partial charge on any atom is 0.0406 e. The lowest BCUT2D eigenvalue weighted by atomic mass is 9.97. The molecule has 1 N–H and O–H groups in total. The molecule has 0 aliphatic carbocycles. The van der Waals surface area contributed by atoms with E-state index in [4.69, 9.17) is 11.6 Å².